The molecule has 0 rings (SSSR count). The summed E-state index contributed by atoms with van der Waals surface area (Å²) in [6.07, 6.45) is 3.64. The molecule has 0 bridgehead atoms. The summed E-state index contributed by atoms with van der Waals surface area (Å²) >= 11 is 0. The van der Waals surface area contributed by atoms with Gasteiger partial charge in [-0.2, -0.15) is 0 Å². The second kappa shape index (κ2) is 3.40. The standard InChI is InChI=1S/C8H15NO/c1-7(10)9-6-5-8(2,3)4/h5-6H,1-4H3,(H,9,10)/b6-5-. The van der Waals surface area contributed by atoms with E-state index in [-0.39, 0.29) is 11.3 Å². The fraction of sp³-hybridized carbons (Fsp3) is 0.625. The lowest BCUT2D eigenvalue weighted by molar-refractivity contribution is -0.118. The van der Waals surface area contributed by atoms with Crippen molar-refractivity contribution in [3.05, 3.63) is 12.3 Å². The summed E-state index contributed by atoms with van der Waals surface area (Å²) in [4.78, 5) is 10.4. The van der Waals surface area contributed by atoms with E-state index in [1.807, 2.05) is 6.08 Å². The lowest BCUT2D eigenvalue weighted by atomic mass is 9.97. The first kappa shape index (κ1) is 9.21. The Morgan fingerprint density at radius 1 is 1.40 bits per heavy atom. The Kier molecular flexibility index (Phi) is 3.13. The molecule has 0 atom stereocenters. The molecule has 0 aromatic rings. The van der Waals surface area contributed by atoms with Crippen LogP contribution in [0.2, 0.25) is 0 Å². The SMILES string of the molecule is CC(=O)N/C=C\C(C)(C)C. The number of nitrogens with one attached hydrogen (secondary N) is 1. The molecule has 58 valence electrons. The van der Waals surface area contributed by atoms with Crippen LogP contribution >= 0.6 is 0 Å². The molecule has 0 aliphatic heterocycles. The van der Waals surface area contributed by atoms with Gasteiger partial charge in [-0.25, -0.2) is 0 Å². The summed E-state index contributed by atoms with van der Waals surface area (Å²) in [5.41, 5.74) is 0.141. The van der Waals surface area contributed by atoms with Gasteiger partial charge in [0.15, 0.2) is 0 Å². The minimum Gasteiger partial charge on any atom is -0.333 e. The number of rotatable bonds is 1. The predicted molar refractivity (Wildman–Crippen MR) is 42.4 cm³/mol. The Hall–Kier alpha value is -0.790. The van der Waals surface area contributed by atoms with Crippen LogP contribution in [-0.4, -0.2) is 5.91 Å². The quantitative estimate of drug-likeness (QED) is 0.591. The first-order valence-corrected chi connectivity index (χ1v) is 3.36. The van der Waals surface area contributed by atoms with E-state index in [1.165, 1.54) is 6.92 Å². The van der Waals surface area contributed by atoms with Crippen LogP contribution in [0.4, 0.5) is 0 Å². The molecule has 0 fully saturated rings. The van der Waals surface area contributed by atoms with Crippen molar-refractivity contribution < 1.29 is 4.79 Å². The Bertz CT molecular complexity index is 142. The summed E-state index contributed by atoms with van der Waals surface area (Å²) in [5.74, 6) is -0.0273. The Balaban J connectivity index is 3.67. The van der Waals surface area contributed by atoms with Gasteiger partial charge in [-0.1, -0.05) is 26.8 Å². The summed E-state index contributed by atoms with van der Waals surface area (Å²) in [7, 11) is 0. The highest BCUT2D eigenvalue weighted by molar-refractivity contribution is 5.73. The van der Waals surface area contributed by atoms with Crippen molar-refractivity contribution in [3.8, 4) is 0 Å². The van der Waals surface area contributed by atoms with Gasteiger partial charge in [0.2, 0.25) is 5.91 Å². The molecule has 0 aromatic heterocycles. The molecule has 1 amide bonds. The van der Waals surface area contributed by atoms with E-state index in [4.69, 9.17) is 0 Å². The Morgan fingerprint density at radius 2 is 1.90 bits per heavy atom. The molecule has 0 aliphatic carbocycles. The fourth-order valence-electron chi connectivity index (χ4n) is 0.409. The average Bonchev–Trinajstić information content (AvgIpc) is 1.59. The van der Waals surface area contributed by atoms with Gasteiger partial charge in [-0.15, -0.1) is 0 Å². The zero-order chi connectivity index (χ0) is 8.20. The highest BCUT2D eigenvalue weighted by Crippen LogP contribution is 2.13. The first-order valence-electron chi connectivity index (χ1n) is 3.36. The van der Waals surface area contributed by atoms with Crippen LogP contribution in [0.25, 0.3) is 0 Å². The maximum Gasteiger partial charge on any atom is 0.220 e. The molecule has 0 heterocycles. The monoisotopic (exact) mass is 141 g/mol. The molecule has 1 N–H and O–H groups in total. The van der Waals surface area contributed by atoms with Gasteiger partial charge in [0.1, 0.15) is 0 Å². The van der Waals surface area contributed by atoms with Crippen LogP contribution < -0.4 is 5.32 Å². The second-order valence-corrected chi connectivity index (χ2v) is 3.40. The zero-order valence-electron chi connectivity index (χ0n) is 7.06. The molecule has 0 saturated carbocycles. The molecule has 0 unspecified atom stereocenters. The topological polar surface area (TPSA) is 29.1 Å². The Morgan fingerprint density at radius 3 is 2.20 bits per heavy atom. The lowest BCUT2D eigenvalue weighted by Crippen LogP contribution is -2.13. The molecule has 2 nitrogen and oxygen atoms in total. The van der Waals surface area contributed by atoms with Crippen molar-refractivity contribution in [2.75, 3.05) is 0 Å². The Labute approximate surface area is 62.3 Å². The van der Waals surface area contributed by atoms with E-state index < -0.39 is 0 Å². The van der Waals surface area contributed by atoms with Crippen LogP contribution in [0, 0.1) is 5.41 Å². The normalized spacial score (nSPS) is 12.0. The molecule has 0 radical (unpaired) electrons. The largest absolute Gasteiger partial charge is 0.333 e. The van der Waals surface area contributed by atoms with Gasteiger partial charge in [0.05, 0.1) is 0 Å². The molecule has 0 saturated heterocycles. The lowest BCUT2D eigenvalue weighted by Gasteiger charge is -2.10. The van der Waals surface area contributed by atoms with Crippen molar-refractivity contribution in [3.63, 3.8) is 0 Å². The number of hydrogen-bond acceptors (Lipinski definition) is 1. The molecule has 0 aromatic carbocycles. The van der Waals surface area contributed by atoms with Crippen molar-refractivity contribution in [2.45, 2.75) is 27.7 Å². The number of amides is 1. The summed E-state index contributed by atoms with van der Waals surface area (Å²) in [6.45, 7) is 7.72. The molecular weight excluding hydrogens is 126 g/mol. The van der Waals surface area contributed by atoms with Gasteiger partial charge in [-0.3, -0.25) is 4.79 Å². The van der Waals surface area contributed by atoms with E-state index >= 15 is 0 Å². The number of carbonyl (C=O) groups is 1. The smallest absolute Gasteiger partial charge is 0.220 e. The molecule has 0 spiro atoms. The van der Waals surface area contributed by atoms with E-state index in [0.717, 1.165) is 0 Å². The number of allylic oxidation sites excluding steroid dienone is 1. The van der Waals surface area contributed by atoms with Gasteiger partial charge < -0.3 is 5.32 Å². The predicted octanol–water partition coefficient (Wildman–Crippen LogP) is 1.68. The van der Waals surface area contributed by atoms with Crippen LogP contribution in [0.3, 0.4) is 0 Å². The van der Waals surface area contributed by atoms with Gasteiger partial charge in [0.25, 0.3) is 0 Å². The van der Waals surface area contributed by atoms with E-state index in [2.05, 4.69) is 26.1 Å². The van der Waals surface area contributed by atoms with Gasteiger partial charge in [-0.05, 0) is 5.41 Å². The molecular formula is C8H15NO. The summed E-state index contributed by atoms with van der Waals surface area (Å²) in [5, 5.41) is 2.58. The van der Waals surface area contributed by atoms with Crippen molar-refractivity contribution in [1.29, 1.82) is 0 Å². The van der Waals surface area contributed by atoms with Crippen LogP contribution in [0.5, 0.6) is 0 Å². The third-order valence-electron chi connectivity index (χ3n) is 0.870. The van der Waals surface area contributed by atoms with Crippen molar-refractivity contribution in [1.82, 2.24) is 5.32 Å². The maximum atomic E-state index is 10.4. The first-order chi connectivity index (χ1) is 4.42. The van der Waals surface area contributed by atoms with E-state index in [9.17, 15) is 4.79 Å². The van der Waals surface area contributed by atoms with Crippen molar-refractivity contribution >= 4 is 5.91 Å². The minimum absolute atomic E-state index is 0.0273. The van der Waals surface area contributed by atoms with Crippen LogP contribution in [-0.2, 0) is 4.79 Å². The second-order valence-electron chi connectivity index (χ2n) is 3.40. The molecule has 2 heteroatoms. The number of hydrogen-bond donors (Lipinski definition) is 1. The molecule has 10 heavy (non-hydrogen) atoms. The fourth-order valence-corrected chi connectivity index (χ4v) is 0.409. The van der Waals surface area contributed by atoms with E-state index in [0.29, 0.717) is 0 Å². The third kappa shape index (κ3) is 7.21. The number of carbonyl (C=O) groups excluding carboxylic acids is 1. The van der Waals surface area contributed by atoms with Crippen LogP contribution in [0.15, 0.2) is 12.3 Å². The summed E-state index contributed by atoms with van der Waals surface area (Å²) < 4.78 is 0. The average molecular weight is 141 g/mol. The minimum atomic E-state index is -0.0273. The molecule has 0 aliphatic rings. The maximum absolute atomic E-state index is 10.4. The van der Waals surface area contributed by atoms with Gasteiger partial charge in [0, 0.05) is 13.1 Å². The van der Waals surface area contributed by atoms with Crippen LogP contribution in [0.1, 0.15) is 27.7 Å². The van der Waals surface area contributed by atoms with Crippen molar-refractivity contribution in [2.24, 2.45) is 5.41 Å². The highest BCUT2D eigenvalue weighted by Gasteiger charge is 2.02. The summed E-state index contributed by atoms with van der Waals surface area (Å²) in [6, 6.07) is 0. The van der Waals surface area contributed by atoms with Gasteiger partial charge >= 0.3 is 0 Å². The third-order valence-corrected chi connectivity index (χ3v) is 0.870. The highest BCUT2D eigenvalue weighted by atomic mass is 16.1. The zero-order valence-corrected chi connectivity index (χ0v) is 7.06. The van der Waals surface area contributed by atoms with E-state index in [1.54, 1.807) is 6.20 Å².